The number of carbonyl (C=O) groups excluding carboxylic acids is 2. The van der Waals surface area contributed by atoms with Crippen molar-refractivity contribution in [1.82, 2.24) is 0 Å². The molecule has 43 heavy (non-hydrogen) atoms. The first-order valence-corrected chi connectivity index (χ1v) is 14.2. The molecule has 0 spiro atoms. The smallest absolute Gasteiger partial charge is 0.337 e. The van der Waals surface area contributed by atoms with Crippen molar-refractivity contribution < 1.29 is 19.4 Å². The average molecular weight is 573 g/mol. The molecule has 1 atom stereocenters. The summed E-state index contributed by atoms with van der Waals surface area (Å²) in [6.07, 6.45) is 3.31. The second-order valence-corrected chi connectivity index (χ2v) is 11.1. The summed E-state index contributed by atoms with van der Waals surface area (Å²) in [5.74, 6) is -0.252. The highest BCUT2D eigenvalue weighted by Crippen LogP contribution is 2.42. The normalized spacial score (nSPS) is 19.3. The molecule has 0 saturated heterocycles. The predicted molar refractivity (Wildman–Crippen MR) is 168 cm³/mol. The summed E-state index contributed by atoms with van der Waals surface area (Å²) in [6, 6.07) is 33.1. The number of esters is 1. The number of hydrogen-bond acceptors (Lipinski definition) is 6. The second kappa shape index (κ2) is 12.9. The summed E-state index contributed by atoms with van der Waals surface area (Å²) >= 11 is 0. The molecule has 0 aromatic heterocycles. The van der Waals surface area contributed by atoms with E-state index < -0.39 is 16.8 Å². The number of aliphatic hydroxyl groups is 1. The largest absolute Gasteiger partial charge is 0.512 e. The number of Topliss-reactive ketones (excluding diaryl/α,β-unsaturated/α-hetero) is 1. The van der Waals surface area contributed by atoms with E-state index in [1.807, 2.05) is 60.7 Å². The maximum absolute atomic E-state index is 11.9. The number of nitriles is 2. The van der Waals surface area contributed by atoms with Crippen molar-refractivity contribution in [3.63, 3.8) is 0 Å². The Morgan fingerprint density at radius 1 is 0.744 bits per heavy atom. The van der Waals surface area contributed by atoms with Gasteiger partial charge in [0, 0.05) is 25.7 Å². The molecule has 2 aliphatic carbocycles. The van der Waals surface area contributed by atoms with Crippen LogP contribution in [0.3, 0.4) is 0 Å². The first-order chi connectivity index (χ1) is 20.3. The minimum Gasteiger partial charge on any atom is -0.512 e. The molecule has 1 unspecified atom stereocenters. The van der Waals surface area contributed by atoms with Gasteiger partial charge in [0.05, 0.1) is 35.7 Å². The molecule has 0 radical (unpaired) electrons. The SMILES string of the molecule is C.COC(=O)C1=C(O)CCC(C#N)(c2ccc3ccccc3c2)C1.N#CC1(c2ccc3ccccc3c2)CCC(=O)CC1. The number of nitrogens with zero attached hydrogens (tertiary/aromatic N) is 2. The number of allylic oxidation sites excluding steroid dienone is 1. The number of methoxy groups -OCH3 is 1. The summed E-state index contributed by atoms with van der Waals surface area (Å²) < 4.78 is 4.74. The van der Waals surface area contributed by atoms with Gasteiger partial charge in [0.1, 0.15) is 11.5 Å². The van der Waals surface area contributed by atoms with E-state index in [4.69, 9.17) is 4.74 Å². The number of carbonyl (C=O) groups is 2. The van der Waals surface area contributed by atoms with E-state index in [1.165, 1.54) is 12.5 Å². The summed E-state index contributed by atoms with van der Waals surface area (Å²) in [6.45, 7) is 0. The molecule has 6 nitrogen and oxygen atoms in total. The molecule has 4 aromatic carbocycles. The van der Waals surface area contributed by atoms with E-state index in [2.05, 4.69) is 36.4 Å². The van der Waals surface area contributed by atoms with E-state index in [9.17, 15) is 25.2 Å². The van der Waals surface area contributed by atoms with Crippen molar-refractivity contribution in [2.24, 2.45) is 0 Å². The Labute approximate surface area is 252 Å². The van der Waals surface area contributed by atoms with E-state index in [0.29, 0.717) is 38.5 Å². The van der Waals surface area contributed by atoms with Crippen molar-refractivity contribution in [2.45, 2.75) is 63.2 Å². The number of ketones is 1. The lowest BCUT2D eigenvalue weighted by molar-refractivity contribution is -0.136. The van der Waals surface area contributed by atoms with E-state index in [1.54, 1.807) is 0 Å². The van der Waals surface area contributed by atoms with Gasteiger partial charge in [-0.15, -0.1) is 0 Å². The molecule has 2 aliphatic rings. The molecule has 4 aromatic rings. The van der Waals surface area contributed by atoms with Crippen LogP contribution in [0.4, 0.5) is 0 Å². The lowest BCUT2D eigenvalue weighted by Crippen LogP contribution is -2.31. The van der Waals surface area contributed by atoms with Gasteiger partial charge in [-0.25, -0.2) is 4.79 Å². The third kappa shape index (κ3) is 6.15. The van der Waals surface area contributed by atoms with Crippen LogP contribution in [0.5, 0.6) is 0 Å². The van der Waals surface area contributed by atoms with Crippen molar-refractivity contribution in [3.8, 4) is 12.1 Å². The van der Waals surface area contributed by atoms with Crippen LogP contribution in [-0.4, -0.2) is 24.0 Å². The van der Waals surface area contributed by atoms with Crippen LogP contribution in [0, 0.1) is 22.7 Å². The summed E-state index contributed by atoms with van der Waals surface area (Å²) in [5.41, 5.74) is 0.833. The zero-order valence-electron chi connectivity index (χ0n) is 23.6. The van der Waals surface area contributed by atoms with E-state index >= 15 is 0 Å². The molecular weight excluding hydrogens is 536 g/mol. The first kappa shape index (κ1) is 31.0. The van der Waals surface area contributed by atoms with Crippen LogP contribution in [0.1, 0.15) is 63.5 Å². The fraction of sp³-hybridized carbons (Fsp3) is 0.297. The highest BCUT2D eigenvalue weighted by molar-refractivity contribution is 5.90. The molecule has 1 saturated carbocycles. The summed E-state index contributed by atoms with van der Waals surface area (Å²) in [7, 11) is 1.28. The molecule has 6 heteroatoms. The number of ether oxygens (including phenoxy) is 1. The third-order valence-electron chi connectivity index (χ3n) is 8.74. The predicted octanol–water partition coefficient (Wildman–Crippen LogP) is 8.15. The second-order valence-electron chi connectivity index (χ2n) is 11.1. The minimum atomic E-state index is -0.820. The number of hydrogen-bond donors (Lipinski definition) is 1. The first-order valence-electron chi connectivity index (χ1n) is 14.2. The van der Waals surface area contributed by atoms with Crippen molar-refractivity contribution >= 4 is 33.3 Å². The van der Waals surface area contributed by atoms with E-state index in [-0.39, 0.29) is 31.0 Å². The van der Waals surface area contributed by atoms with Crippen molar-refractivity contribution in [1.29, 1.82) is 10.5 Å². The van der Waals surface area contributed by atoms with Crippen LogP contribution in [0.25, 0.3) is 21.5 Å². The van der Waals surface area contributed by atoms with Gasteiger partial charge in [-0.1, -0.05) is 80.2 Å². The van der Waals surface area contributed by atoms with Crippen LogP contribution >= 0.6 is 0 Å². The minimum absolute atomic E-state index is 0. The fourth-order valence-electron chi connectivity index (χ4n) is 6.09. The third-order valence-corrected chi connectivity index (χ3v) is 8.74. The zero-order chi connectivity index (χ0) is 29.7. The van der Waals surface area contributed by atoms with Gasteiger partial charge in [0.2, 0.25) is 0 Å². The van der Waals surface area contributed by atoms with Gasteiger partial charge >= 0.3 is 5.97 Å². The Morgan fingerprint density at radius 2 is 1.21 bits per heavy atom. The Kier molecular flexibility index (Phi) is 9.32. The number of rotatable bonds is 3. The van der Waals surface area contributed by atoms with Gasteiger partial charge in [-0.05, 0) is 64.1 Å². The zero-order valence-corrected chi connectivity index (χ0v) is 23.6. The molecule has 1 N–H and O–H groups in total. The Bertz CT molecular complexity index is 1780. The van der Waals surface area contributed by atoms with Gasteiger partial charge < -0.3 is 9.84 Å². The Morgan fingerprint density at radius 3 is 1.70 bits per heavy atom. The van der Waals surface area contributed by atoms with Gasteiger partial charge in [-0.2, -0.15) is 10.5 Å². The summed E-state index contributed by atoms with van der Waals surface area (Å²) in [4.78, 5) is 23.3. The average Bonchev–Trinajstić information content (AvgIpc) is 3.05. The fourth-order valence-corrected chi connectivity index (χ4v) is 6.09. The topological polar surface area (TPSA) is 111 Å². The molecule has 0 bridgehead atoms. The van der Waals surface area contributed by atoms with Gasteiger partial charge in [0.15, 0.2) is 0 Å². The Hall–Kier alpha value is -4.94. The molecule has 0 aliphatic heterocycles. The van der Waals surface area contributed by atoms with Crippen LogP contribution < -0.4 is 0 Å². The molecule has 6 rings (SSSR count). The lowest BCUT2D eigenvalue weighted by atomic mass is 9.69. The van der Waals surface area contributed by atoms with E-state index in [0.717, 1.165) is 27.3 Å². The van der Waals surface area contributed by atoms with Crippen LogP contribution in [-0.2, 0) is 25.2 Å². The van der Waals surface area contributed by atoms with Gasteiger partial charge in [0.25, 0.3) is 0 Å². The lowest BCUT2D eigenvalue weighted by Gasteiger charge is -2.32. The molecule has 1 fully saturated rings. The number of fused-ring (bicyclic) bond motifs is 2. The van der Waals surface area contributed by atoms with Crippen molar-refractivity contribution in [3.05, 3.63) is 107 Å². The molecule has 0 heterocycles. The maximum atomic E-state index is 11.9. The van der Waals surface area contributed by atoms with Crippen LogP contribution in [0.2, 0.25) is 0 Å². The number of benzene rings is 4. The molecule has 0 amide bonds. The standard InChI is InChI=1S/C19H17NO3.C17H15NO.CH4/c1-23-18(22)16-11-19(12-20,9-8-17(16)21)15-7-6-13-4-2-3-5-14(13)10-15;18-12-17(9-7-16(19)8-10-17)15-6-5-13-3-1-2-4-14(13)11-15;/h2-7,10,21H,8-9,11H2,1H3;1-6,11H,7-10H2;1H4. The number of aliphatic hydroxyl groups excluding tert-OH is 1. The van der Waals surface area contributed by atoms with Gasteiger partial charge in [-0.3, -0.25) is 4.79 Å². The Balaban J connectivity index is 0.000000195. The maximum Gasteiger partial charge on any atom is 0.337 e. The quantitative estimate of drug-likeness (QED) is 0.248. The molecular formula is C37H36N2O4. The van der Waals surface area contributed by atoms with Crippen LogP contribution in [0.15, 0.2) is 96.3 Å². The highest BCUT2D eigenvalue weighted by atomic mass is 16.5. The summed E-state index contributed by atoms with van der Waals surface area (Å²) in [5, 5.41) is 33.9. The monoisotopic (exact) mass is 572 g/mol. The van der Waals surface area contributed by atoms with Crippen molar-refractivity contribution in [2.75, 3.05) is 7.11 Å². The highest BCUT2D eigenvalue weighted by Gasteiger charge is 2.40. The molecule has 218 valence electrons.